The van der Waals surface area contributed by atoms with Gasteiger partial charge >= 0.3 is 23.9 Å². The second-order valence-corrected chi connectivity index (χ2v) is 5.87. The molecule has 0 aromatic rings. The van der Waals surface area contributed by atoms with Crippen LogP contribution in [0.1, 0.15) is 26.2 Å². The van der Waals surface area contributed by atoms with Gasteiger partial charge in [-0.2, -0.15) is 11.8 Å². The highest BCUT2D eigenvalue weighted by Gasteiger charge is 2.11. The lowest BCUT2D eigenvalue weighted by atomic mass is 10.3. The number of rotatable bonds is 14. The molecule has 0 heterocycles. The van der Waals surface area contributed by atoms with Gasteiger partial charge in [0.05, 0.1) is 19.3 Å². The quantitative estimate of drug-likeness (QED) is 0.192. The second-order valence-electron chi connectivity index (χ2n) is 4.48. The Hall–Kier alpha value is -2.03. The summed E-state index contributed by atoms with van der Waals surface area (Å²) in [6.45, 7) is 5.29. The Morgan fingerprint density at radius 1 is 0.800 bits per heavy atom. The standard InChI is InChI=1S/C16H24O8S/c1-3-13(17)22-9-10-23-15(19)6-5-14(18)21-8-7-16(20)24-11-12-25-4-2/h3H,1,4-12H2,2H3. The van der Waals surface area contributed by atoms with Crippen molar-refractivity contribution in [3.05, 3.63) is 12.7 Å². The summed E-state index contributed by atoms with van der Waals surface area (Å²) in [6.07, 6.45) is 0.653. The SMILES string of the molecule is C=CC(=O)OCCOC(=O)CCC(=O)OCCC(=O)OCCSCC. The fourth-order valence-electron chi connectivity index (χ4n) is 1.38. The van der Waals surface area contributed by atoms with E-state index in [1.807, 2.05) is 6.92 Å². The molecule has 0 radical (unpaired) electrons. The average molecular weight is 376 g/mol. The summed E-state index contributed by atoms with van der Waals surface area (Å²) < 4.78 is 19.1. The number of ether oxygens (including phenoxy) is 4. The molecule has 0 aromatic heterocycles. The van der Waals surface area contributed by atoms with Crippen LogP contribution in [0.15, 0.2) is 12.7 Å². The molecule has 0 atom stereocenters. The largest absolute Gasteiger partial charge is 0.465 e. The van der Waals surface area contributed by atoms with E-state index in [0.717, 1.165) is 17.6 Å². The highest BCUT2D eigenvalue weighted by molar-refractivity contribution is 7.99. The molecule has 0 amide bonds. The van der Waals surface area contributed by atoms with Crippen LogP contribution in [0, 0.1) is 0 Å². The van der Waals surface area contributed by atoms with Crippen molar-refractivity contribution in [2.75, 3.05) is 37.9 Å². The first-order valence-corrected chi connectivity index (χ1v) is 8.98. The highest BCUT2D eigenvalue weighted by Crippen LogP contribution is 2.00. The lowest BCUT2D eigenvalue weighted by Crippen LogP contribution is -2.16. The van der Waals surface area contributed by atoms with Gasteiger partial charge in [0.1, 0.15) is 26.4 Å². The van der Waals surface area contributed by atoms with Crippen molar-refractivity contribution in [2.45, 2.75) is 26.2 Å². The third-order valence-electron chi connectivity index (χ3n) is 2.55. The van der Waals surface area contributed by atoms with Crippen LogP contribution in [0.3, 0.4) is 0 Å². The Morgan fingerprint density at radius 3 is 1.92 bits per heavy atom. The van der Waals surface area contributed by atoms with Gasteiger partial charge in [0.25, 0.3) is 0 Å². The summed E-state index contributed by atoms with van der Waals surface area (Å²) in [7, 11) is 0. The zero-order valence-corrected chi connectivity index (χ0v) is 15.1. The van der Waals surface area contributed by atoms with Gasteiger partial charge in [-0.05, 0) is 5.75 Å². The number of thioether (sulfide) groups is 1. The summed E-state index contributed by atoms with van der Waals surface area (Å²) in [5.74, 6) is -0.571. The summed E-state index contributed by atoms with van der Waals surface area (Å²) in [6, 6.07) is 0. The van der Waals surface area contributed by atoms with Gasteiger partial charge in [-0.15, -0.1) is 0 Å². The van der Waals surface area contributed by atoms with Gasteiger partial charge < -0.3 is 18.9 Å². The van der Waals surface area contributed by atoms with Crippen molar-refractivity contribution < 1.29 is 38.1 Å². The molecule has 0 unspecified atom stereocenters. The smallest absolute Gasteiger partial charge is 0.330 e. The molecule has 0 spiro atoms. The van der Waals surface area contributed by atoms with Crippen LogP contribution in [0.25, 0.3) is 0 Å². The summed E-state index contributed by atoms with van der Waals surface area (Å²) in [5, 5.41) is 0. The predicted octanol–water partition coefficient (Wildman–Crippen LogP) is 1.27. The van der Waals surface area contributed by atoms with Gasteiger partial charge in [0, 0.05) is 11.8 Å². The molecule has 25 heavy (non-hydrogen) atoms. The molecule has 0 saturated carbocycles. The Bertz CT molecular complexity index is 449. The topological polar surface area (TPSA) is 105 Å². The van der Waals surface area contributed by atoms with Gasteiger partial charge in [0.2, 0.25) is 0 Å². The van der Waals surface area contributed by atoms with E-state index in [4.69, 9.17) is 14.2 Å². The van der Waals surface area contributed by atoms with Crippen LogP contribution in [0.2, 0.25) is 0 Å². The van der Waals surface area contributed by atoms with E-state index in [9.17, 15) is 19.2 Å². The van der Waals surface area contributed by atoms with E-state index in [2.05, 4.69) is 11.3 Å². The molecule has 0 N–H and O–H groups in total. The fraction of sp³-hybridized carbons (Fsp3) is 0.625. The van der Waals surface area contributed by atoms with Crippen molar-refractivity contribution in [3.63, 3.8) is 0 Å². The number of carbonyl (C=O) groups is 4. The van der Waals surface area contributed by atoms with Crippen LogP contribution >= 0.6 is 11.8 Å². The fourth-order valence-corrected chi connectivity index (χ4v) is 1.87. The third-order valence-corrected chi connectivity index (χ3v) is 3.42. The van der Waals surface area contributed by atoms with E-state index < -0.39 is 23.9 Å². The van der Waals surface area contributed by atoms with Gasteiger partial charge in [-0.25, -0.2) is 4.79 Å². The molecule has 0 aliphatic carbocycles. The van der Waals surface area contributed by atoms with E-state index in [0.29, 0.717) is 6.61 Å². The molecular weight excluding hydrogens is 352 g/mol. The Balaban J connectivity index is 3.59. The molecule has 9 heteroatoms. The molecule has 142 valence electrons. The first kappa shape index (κ1) is 23.0. The third kappa shape index (κ3) is 15.2. The minimum atomic E-state index is -0.612. The maximum atomic E-state index is 11.4. The lowest BCUT2D eigenvalue weighted by Gasteiger charge is -2.06. The van der Waals surface area contributed by atoms with Gasteiger partial charge in [-0.3, -0.25) is 14.4 Å². The van der Waals surface area contributed by atoms with Crippen LogP contribution < -0.4 is 0 Å². The van der Waals surface area contributed by atoms with Gasteiger partial charge in [-0.1, -0.05) is 13.5 Å². The minimum Gasteiger partial charge on any atom is -0.465 e. The van der Waals surface area contributed by atoms with Crippen molar-refractivity contribution in [1.29, 1.82) is 0 Å². The van der Waals surface area contributed by atoms with Crippen LogP contribution in [-0.4, -0.2) is 61.8 Å². The van der Waals surface area contributed by atoms with Crippen LogP contribution in [-0.2, 0) is 38.1 Å². The maximum Gasteiger partial charge on any atom is 0.330 e. The zero-order valence-electron chi connectivity index (χ0n) is 14.3. The first-order chi connectivity index (χ1) is 12.0. The summed E-state index contributed by atoms with van der Waals surface area (Å²) in [5.41, 5.74) is 0. The summed E-state index contributed by atoms with van der Waals surface area (Å²) in [4.78, 5) is 44.8. The Kier molecular flexibility index (Phi) is 14.2. The lowest BCUT2D eigenvalue weighted by molar-refractivity contribution is -0.154. The Morgan fingerprint density at radius 2 is 1.32 bits per heavy atom. The zero-order chi connectivity index (χ0) is 18.9. The number of esters is 4. The minimum absolute atomic E-state index is 0.0261. The first-order valence-electron chi connectivity index (χ1n) is 7.83. The van der Waals surface area contributed by atoms with E-state index >= 15 is 0 Å². The van der Waals surface area contributed by atoms with E-state index in [-0.39, 0.29) is 39.1 Å². The molecule has 8 nitrogen and oxygen atoms in total. The van der Waals surface area contributed by atoms with Crippen LogP contribution in [0.5, 0.6) is 0 Å². The second kappa shape index (κ2) is 15.5. The van der Waals surface area contributed by atoms with Crippen molar-refractivity contribution in [1.82, 2.24) is 0 Å². The number of carbonyl (C=O) groups excluding carboxylic acids is 4. The average Bonchev–Trinajstić information content (AvgIpc) is 2.60. The monoisotopic (exact) mass is 376 g/mol. The van der Waals surface area contributed by atoms with E-state index in [1.54, 1.807) is 11.8 Å². The predicted molar refractivity (Wildman–Crippen MR) is 90.9 cm³/mol. The molecule has 0 aliphatic heterocycles. The van der Waals surface area contributed by atoms with Crippen molar-refractivity contribution >= 4 is 35.6 Å². The Labute approximate surface area is 151 Å². The molecular formula is C16H24O8S. The molecule has 0 bridgehead atoms. The molecule has 0 rings (SSSR count). The molecule has 0 saturated heterocycles. The summed E-state index contributed by atoms with van der Waals surface area (Å²) >= 11 is 1.66. The molecule has 0 aliphatic rings. The van der Waals surface area contributed by atoms with Gasteiger partial charge in [0.15, 0.2) is 0 Å². The molecule has 0 fully saturated rings. The molecule has 0 aromatic carbocycles. The normalized spacial score (nSPS) is 9.80. The maximum absolute atomic E-state index is 11.4. The van der Waals surface area contributed by atoms with Crippen LogP contribution in [0.4, 0.5) is 0 Å². The number of hydrogen-bond donors (Lipinski definition) is 0. The number of hydrogen-bond acceptors (Lipinski definition) is 9. The van der Waals surface area contributed by atoms with Crippen molar-refractivity contribution in [2.24, 2.45) is 0 Å². The highest BCUT2D eigenvalue weighted by atomic mass is 32.2. The van der Waals surface area contributed by atoms with E-state index in [1.165, 1.54) is 0 Å². The van der Waals surface area contributed by atoms with Crippen molar-refractivity contribution in [3.8, 4) is 0 Å².